The second kappa shape index (κ2) is 8.69. The number of alkyl halides is 6. The van der Waals surface area contributed by atoms with Gasteiger partial charge in [-0.05, 0) is 35.4 Å². The second-order valence-corrected chi connectivity index (χ2v) is 7.21. The van der Waals surface area contributed by atoms with Gasteiger partial charge in [0.05, 0.1) is 28.7 Å². The first kappa shape index (κ1) is 23.1. The lowest BCUT2D eigenvalue weighted by Gasteiger charge is -2.14. The van der Waals surface area contributed by atoms with Crippen LogP contribution in [-0.4, -0.2) is 25.9 Å². The number of rotatable bonds is 5. The van der Waals surface area contributed by atoms with E-state index in [1.807, 2.05) is 0 Å². The van der Waals surface area contributed by atoms with Crippen LogP contribution in [0, 0.1) is 0 Å². The normalized spacial score (nSPS) is 12.1. The molecule has 4 aromatic rings. The van der Waals surface area contributed by atoms with E-state index in [-0.39, 0.29) is 11.2 Å². The summed E-state index contributed by atoms with van der Waals surface area (Å²) >= 11 is 0. The number of hydrogen-bond acceptors (Lipinski definition) is 3. The van der Waals surface area contributed by atoms with Crippen LogP contribution in [0.15, 0.2) is 67.0 Å². The molecule has 6 nitrogen and oxygen atoms in total. The monoisotopic (exact) mass is 479 g/mol. The molecule has 176 valence electrons. The lowest BCUT2D eigenvalue weighted by molar-refractivity contribution is -0.143. The molecule has 2 N–H and O–H groups in total. The van der Waals surface area contributed by atoms with E-state index >= 15 is 0 Å². The van der Waals surface area contributed by atoms with Gasteiger partial charge < -0.3 is 5.32 Å². The Labute approximate surface area is 188 Å². The highest BCUT2D eigenvalue weighted by Gasteiger charge is 2.41. The molecule has 2 heterocycles. The molecule has 12 heteroatoms. The molecule has 0 aliphatic carbocycles. The minimum Gasteiger partial charge on any atom is -0.348 e. The van der Waals surface area contributed by atoms with Crippen molar-refractivity contribution in [1.29, 1.82) is 0 Å². The Bertz CT molecular complexity index is 1290. The van der Waals surface area contributed by atoms with Crippen molar-refractivity contribution in [2.45, 2.75) is 18.9 Å². The van der Waals surface area contributed by atoms with Crippen LogP contribution in [0.5, 0.6) is 0 Å². The molecular formula is C22H15F6N5O. The summed E-state index contributed by atoms with van der Waals surface area (Å²) in [5.41, 5.74) is -1.68. The van der Waals surface area contributed by atoms with Crippen molar-refractivity contribution in [2.75, 3.05) is 0 Å². The van der Waals surface area contributed by atoms with E-state index in [0.717, 1.165) is 29.5 Å². The van der Waals surface area contributed by atoms with Crippen LogP contribution in [0.2, 0.25) is 0 Å². The van der Waals surface area contributed by atoms with Crippen molar-refractivity contribution in [3.8, 4) is 16.9 Å². The number of carbonyl (C=O) groups is 1. The molecule has 0 aliphatic rings. The van der Waals surface area contributed by atoms with Crippen molar-refractivity contribution in [1.82, 2.24) is 25.3 Å². The zero-order valence-electron chi connectivity index (χ0n) is 17.1. The molecule has 0 atom stereocenters. The van der Waals surface area contributed by atoms with E-state index in [1.165, 1.54) is 0 Å². The fourth-order valence-corrected chi connectivity index (χ4v) is 3.29. The lowest BCUT2D eigenvalue weighted by Crippen LogP contribution is -2.26. The number of aromatic amines is 1. The van der Waals surface area contributed by atoms with E-state index in [2.05, 4.69) is 20.6 Å². The molecule has 0 unspecified atom stereocenters. The fourth-order valence-electron chi connectivity index (χ4n) is 3.29. The van der Waals surface area contributed by atoms with Gasteiger partial charge in [-0.1, -0.05) is 30.3 Å². The van der Waals surface area contributed by atoms with Gasteiger partial charge in [0.15, 0.2) is 5.69 Å². The van der Waals surface area contributed by atoms with Crippen molar-refractivity contribution in [3.05, 3.63) is 89.4 Å². The zero-order valence-corrected chi connectivity index (χ0v) is 17.1. The van der Waals surface area contributed by atoms with Gasteiger partial charge in [-0.3, -0.25) is 9.89 Å². The molecule has 1 amide bonds. The number of amides is 1. The molecule has 4 rings (SSSR count). The molecule has 0 bridgehead atoms. The van der Waals surface area contributed by atoms with Crippen LogP contribution >= 0.6 is 0 Å². The summed E-state index contributed by atoms with van der Waals surface area (Å²) in [5.74, 6) is -1.07. The smallest absolute Gasteiger partial charge is 0.348 e. The van der Waals surface area contributed by atoms with Crippen molar-refractivity contribution < 1.29 is 31.1 Å². The predicted molar refractivity (Wildman–Crippen MR) is 109 cm³/mol. The first-order valence-corrected chi connectivity index (χ1v) is 9.74. The third kappa shape index (κ3) is 4.80. The maximum Gasteiger partial charge on any atom is 0.434 e. The fraction of sp³-hybridized carbons (Fsp3) is 0.136. The molecule has 34 heavy (non-hydrogen) atoms. The van der Waals surface area contributed by atoms with Gasteiger partial charge in [0.25, 0.3) is 5.91 Å². The number of nitrogens with one attached hydrogen (secondary N) is 2. The number of nitrogens with zero attached hydrogens (tertiary/aromatic N) is 3. The summed E-state index contributed by atoms with van der Waals surface area (Å²) in [6, 6.07) is 11.9. The molecule has 0 saturated carbocycles. The number of hydrogen-bond donors (Lipinski definition) is 2. The Morgan fingerprint density at radius 1 is 0.971 bits per heavy atom. The Morgan fingerprint density at radius 3 is 2.32 bits per heavy atom. The Balaban J connectivity index is 1.57. The van der Waals surface area contributed by atoms with Crippen LogP contribution in [0.1, 0.15) is 27.2 Å². The third-order valence-electron chi connectivity index (χ3n) is 4.92. The molecule has 2 aromatic carbocycles. The maximum atomic E-state index is 13.8. The quantitative estimate of drug-likeness (QED) is 0.385. The molecule has 2 aromatic heterocycles. The van der Waals surface area contributed by atoms with E-state index in [1.54, 1.807) is 36.5 Å². The summed E-state index contributed by atoms with van der Waals surface area (Å²) in [6.45, 7) is -0.0753. The molecule has 0 fully saturated rings. The summed E-state index contributed by atoms with van der Waals surface area (Å²) in [7, 11) is 0. The Hall–Kier alpha value is -4.09. The largest absolute Gasteiger partial charge is 0.434 e. The van der Waals surface area contributed by atoms with Crippen molar-refractivity contribution in [3.63, 3.8) is 0 Å². The van der Waals surface area contributed by atoms with E-state index in [0.29, 0.717) is 17.8 Å². The average Bonchev–Trinajstić information content (AvgIpc) is 3.47. The predicted octanol–water partition coefficient (Wildman–Crippen LogP) is 5.23. The molecule has 0 aliphatic heterocycles. The molecule has 0 saturated heterocycles. The van der Waals surface area contributed by atoms with Gasteiger partial charge in [-0.25, -0.2) is 4.68 Å². The van der Waals surface area contributed by atoms with E-state index < -0.39 is 40.8 Å². The van der Waals surface area contributed by atoms with Crippen LogP contribution in [0.3, 0.4) is 0 Å². The molecule has 0 spiro atoms. The topological polar surface area (TPSA) is 75.6 Å². The maximum absolute atomic E-state index is 13.8. The van der Waals surface area contributed by atoms with Gasteiger partial charge in [0, 0.05) is 12.7 Å². The Morgan fingerprint density at radius 2 is 1.71 bits per heavy atom. The number of halogens is 6. The van der Waals surface area contributed by atoms with Gasteiger partial charge in [-0.15, -0.1) is 0 Å². The summed E-state index contributed by atoms with van der Waals surface area (Å²) in [5, 5.41) is 12.6. The molecular weight excluding hydrogens is 464 g/mol. The van der Waals surface area contributed by atoms with Crippen LogP contribution in [0.4, 0.5) is 26.3 Å². The summed E-state index contributed by atoms with van der Waals surface area (Å²) in [6.07, 6.45) is -7.54. The zero-order chi connectivity index (χ0) is 24.5. The number of benzene rings is 2. The number of H-pyrrole nitrogens is 1. The minimum absolute atomic E-state index is 0.0753. The minimum atomic E-state index is -5.05. The number of aromatic nitrogens is 4. The second-order valence-electron chi connectivity index (χ2n) is 7.21. The van der Waals surface area contributed by atoms with Crippen molar-refractivity contribution in [2.24, 2.45) is 0 Å². The highest BCUT2D eigenvalue weighted by atomic mass is 19.4. The van der Waals surface area contributed by atoms with Crippen LogP contribution < -0.4 is 5.32 Å². The average molecular weight is 479 g/mol. The van der Waals surface area contributed by atoms with E-state index in [9.17, 15) is 31.1 Å². The van der Waals surface area contributed by atoms with E-state index in [4.69, 9.17) is 0 Å². The van der Waals surface area contributed by atoms with Crippen LogP contribution in [-0.2, 0) is 18.9 Å². The SMILES string of the molecule is O=C(NCc1ccc(-c2ccn[nH]2)cc1)c1cnn(-c2cccc(C(F)(F)F)c2)c1C(F)(F)F. The third-order valence-corrected chi connectivity index (χ3v) is 4.92. The summed E-state index contributed by atoms with van der Waals surface area (Å²) in [4.78, 5) is 12.6. The Kier molecular flexibility index (Phi) is 5.90. The highest BCUT2D eigenvalue weighted by molar-refractivity contribution is 5.95. The van der Waals surface area contributed by atoms with Gasteiger partial charge >= 0.3 is 12.4 Å². The van der Waals surface area contributed by atoms with Gasteiger partial charge in [0.2, 0.25) is 0 Å². The standard InChI is InChI=1S/C22H15F6N5O/c23-21(24,25)15-2-1-3-16(10-15)33-19(22(26,27)28)17(12-31-33)20(34)29-11-13-4-6-14(7-5-13)18-8-9-30-32-18/h1-10,12H,11H2,(H,29,34)(H,30,32). The van der Waals surface area contributed by atoms with Crippen LogP contribution in [0.25, 0.3) is 16.9 Å². The molecule has 0 radical (unpaired) electrons. The van der Waals surface area contributed by atoms with Gasteiger partial charge in [-0.2, -0.15) is 36.5 Å². The first-order valence-electron chi connectivity index (χ1n) is 9.74. The first-order chi connectivity index (χ1) is 16.0. The van der Waals surface area contributed by atoms with Gasteiger partial charge in [0.1, 0.15) is 0 Å². The summed E-state index contributed by atoms with van der Waals surface area (Å²) < 4.78 is 80.7. The van der Waals surface area contributed by atoms with Crippen molar-refractivity contribution >= 4 is 5.91 Å². The number of carbonyl (C=O) groups excluding carboxylic acids is 1. The lowest BCUT2D eigenvalue weighted by atomic mass is 10.1. The highest BCUT2D eigenvalue weighted by Crippen LogP contribution is 2.35.